The van der Waals surface area contributed by atoms with Crippen molar-refractivity contribution in [2.75, 3.05) is 0 Å². The first-order chi connectivity index (χ1) is 13.2. The molecule has 0 N–H and O–H groups in total. The van der Waals surface area contributed by atoms with Crippen LogP contribution in [0.3, 0.4) is 0 Å². The van der Waals surface area contributed by atoms with E-state index >= 15 is 0 Å². The molecule has 136 valence electrons. The lowest BCUT2D eigenvalue weighted by molar-refractivity contribution is -0.00106. The Kier molecular flexibility index (Phi) is 3.80. The van der Waals surface area contributed by atoms with Crippen LogP contribution in [0.15, 0.2) is 47.1 Å². The van der Waals surface area contributed by atoms with Crippen LogP contribution in [0.5, 0.6) is 0 Å². The summed E-state index contributed by atoms with van der Waals surface area (Å²) in [5.41, 5.74) is 3.16. The van der Waals surface area contributed by atoms with E-state index in [-0.39, 0.29) is 6.10 Å². The van der Waals surface area contributed by atoms with Gasteiger partial charge < -0.3 is 13.8 Å². The molecule has 27 heavy (non-hydrogen) atoms. The lowest BCUT2D eigenvalue weighted by Gasteiger charge is -2.24. The first-order valence-electron chi connectivity index (χ1n) is 8.45. The minimum atomic E-state index is -0.176. The van der Waals surface area contributed by atoms with Crippen LogP contribution in [-0.2, 0) is 24.9 Å². The van der Waals surface area contributed by atoms with Gasteiger partial charge in [-0.05, 0) is 18.2 Å². The second kappa shape index (κ2) is 6.33. The van der Waals surface area contributed by atoms with E-state index < -0.39 is 0 Å². The number of halogens is 1. The summed E-state index contributed by atoms with van der Waals surface area (Å²) in [5.74, 6) is 0.831. The summed E-state index contributed by atoms with van der Waals surface area (Å²) in [6.07, 6.45) is 1.74. The molecular weight excluding hydrogens is 368 g/mol. The lowest BCUT2D eigenvalue weighted by Crippen LogP contribution is -2.22. The Hall–Kier alpha value is -2.97. The molecule has 1 aliphatic rings. The van der Waals surface area contributed by atoms with Crippen molar-refractivity contribution in [3.05, 3.63) is 58.9 Å². The van der Waals surface area contributed by atoms with Gasteiger partial charge in [0.25, 0.3) is 5.89 Å². The van der Waals surface area contributed by atoms with Crippen molar-refractivity contribution in [1.29, 1.82) is 0 Å². The number of hydrogen-bond donors (Lipinski definition) is 0. The zero-order valence-corrected chi connectivity index (χ0v) is 15.2. The number of aryl methyl sites for hydroxylation is 1. The van der Waals surface area contributed by atoms with Crippen molar-refractivity contribution in [2.24, 2.45) is 7.05 Å². The Balaban J connectivity index is 1.45. The number of fused-ring (bicyclic) bond motifs is 1. The molecule has 0 saturated carbocycles. The average molecular weight is 383 g/mol. The highest BCUT2D eigenvalue weighted by molar-refractivity contribution is 6.31. The first-order valence-corrected chi connectivity index (χ1v) is 8.82. The van der Waals surface area contributed by atoms with Gasteiger partial charge in [0.2, 0.25) is 5.82 Å². The number of ether oxygens (including phenoxy) is 1. The number of hydrogen-bond acceptors (Lipinski definition) is 6. The molecule has 0 spiro atoms. The maximum atomic E-state index is 6.29. The van der Waals surface area contributed by atoms with Gasteiger partial charge in [0.15, 0.2) is 5.69 Å². The normalized spacial score (nSPS) is 16.4. The molecule has 8 nitrogen and oxygen atoms in total. The molecule has 4 heterocycles. The molecule has 9 heteroatoms. The summed E-state index contributed by atoms with van der Waals surface area (Å²) in [6, 6.07) is 11.5. The monoisotopic (exact) mass is 382 g/mol. The highest BCUT2D eigenvalue weighted by Gasteiger charge is 2.28. The van der Waals surface area contributed by atoms with Gasteiger partial charge in [-0.15, -0.1) is 5.10 Å². The van der Waals surface area contributed by atoms with Gasteiger partial charge >= 0.3 is 0 Å². The summed E-state index contributed by atoms with van der Waals surface area (Å²) in [4.78, 5) is 4.46. The van der Waals surface area contributed by atoms with Crippen molar-refractivity contribution in [1.82, 2.24) is 29.7 Å². The maximum absolute atomic E-state index is 6.29. The van der Waals surface area contributed by atoms with E-state index in [1.54, 1.807) is 0 Å². The number of rotatable bonds is 3. The second-order valence-corrected chi connectivity index (χ2v) is 6.72. The molecule has 1 aliphatic heterocycles. The maximum Gasteiger partial charge on any atom is 0.274 e. The Morgan fingerprint density at radius 3 is 2.89 bits per heavy atom. The standard InChI is InChI=1S/C18H15ClN6O2/c1-24-8-4-7-13(24)18-20-17(22-27-18)16-14-10-26-15(9-25(14)23-21-16)11-5-2-3-6-12(11)19/h2-8,15H,9-10H2,1H3/t15-/m1/s1. The topological polar surface area (TPSA) is 83.8 Å². The molecular formula is C18H15ClN6O2. The van der Waals surface area contributed by atoms with E-state index in [1.165, 1.54) is 0 Å². The van der Waals surface area contributed by atoms with Gasteiger partial charge in [0.1, 0.15) is 11.8 Å². The van der Waals surface area contributed by atoms with Crippen molar-refractivity contribution in [2.45, 2.75) is 19.3 Å². The van der Waals surface area contributed by atoms with Crippen LogP contribution in [-0.4, -0.2) is 29.7 Å². The summed E-state index contributed by atoms with van der Waals surface area (Å²) in [7, 11) is 1.92. The van der Waals surface area contributed by atoms with E-state index in [9.17, 15) is 0 Å². The third-order valence-electron chi connectivity index (χ3n) is 4.65. The SMILES string of the molecule is Cn1cccc1-c1nc(-c2nnn3c2CO[C@@H](c2ccccc2Cl)C3)no1. The fraction of sp³-hybridized carbons (Fsp3) is 0.222. The van der Waals surface area contributed by atoms with Crippen LogP contribution in [0.2, 0.25) is 5.02 Å². The molecule has 3 aromatic heterocycles. The van der Waals surface area contributed by atoms with Gasteiger partial charge in [-0.3, -0.25) is 0 Å². The predicted molar refractivity (Wildman–Crippen MR) is 96.7 cm³/mol. The van der Waals surface area contributed by atoms with Crippen LogP contribution in [0.1, 0.15) is 17.4 Å². The highest BCUT2D eigenvalue weighted by Crippen LogP contribution is 2.33. The van der Waals surface area contributed by atoms with Crippen LogP contribution in [0.4, 0.5) is 0 Å². The minimum Gasteiger partial charge on any atom is -0.365 e. The number of benzene rings is 1. The van der Waals surface area contributed by atoms with Gasteiger partial charge in [0.05, 0.1) is 18.8 Å². The van der Waals surface area contributed by atoms with E-state index in [4.69, 9.17) is 20.9 Å². The van der Waals surface area contributed by atoms with Crippen molar-refractivity contribution >= 4 is 11.6 Å². The van der Waals surface area contributed by atoms with Gasteiger partial charge in [-0.2, -0.15) is 4.98 Å². The van der Waals surface area contributed by atoms with Crippen molar-refractivity contribution in [3.8, 4) is 23.1 Å². The number of nitrogens with zero attached hydrogens (tertiary/aromatic N) is 6. The Morgan fingerprint density at radius 2 is 2.07 bits per heavy atom. The summed E-state index contributed by atoms with van der Waals surface area (Å²) >= 11 is 6.29. The molecule has 1 aromatic carbocycles. The fourth-order valence-electron chi connectivity index (χ4n) is 3.22. The van der Waals surface area contributed by atoms with E-state index in [2.05, 4.69) is 20.5 Å². The quantitative estimate of drug-likeness (QED) is 0.540. The predicted octanol–water partition coefficient (Wildman–Crippen LogP) is 3.26. The Bertz CT molecular complexity index is 1110. The molecule has 0 saturated heterocycles. The zero-order valence-electron chi connectivity index (χ0n) is 14.4. The highest BCUT2D eigenvalue weighted by atomic mass is 35.5. The van der Waals surface area contributed by atoms with Crippen LogP contribution in [0.25, 0.3) is 23.1 Å². The van der Waals surface area contributed by atoms with E-state index in [1.807, 2.05) is 58.9 Å². The minimum absolute atomic E-state index is 0.176. The van der Waals surface area contributed by atoms with Crippen LogP contribution >= 0.6 is 11.6 Å². The largest absolute Gasteiger partial charge is 0.365 e. The van der Waals surface area contributed by atoms with E-state index in [0.717, 1.165) is 17.0 Å². The van der Waals surface area contributed by atoms with Crippen molar-refractivity contribution < 1.29 is 9.26 Å². The molecule has 0 fully saturated rings. The average Bonchev–Trinajstić information content (AvgIpc) is 3.40. The van der Waals surface area contributed by atoms with Crippen LogP contribution < -0.4 is 0 Å². The third-order valence-corrected chi connectivity index (χ3v) is 4.99. The van der Waals surface area contributed by atoms with E-state index in [0.29, 0.717) is 35.6 Å². The van der Waals surface area contributed by atoms with Crippen LogP contribution in [0, 0.1) is 0 Å². The molecule has 0 unspecified atom stereocenters. The molecule has 0 amide bonds. The third kappa shape index (κ3) is 2.73. The molecule has 0 aliphatic carbocycles. The zero-order chi connectivity index (χ0) is 18.4. The molecule has 1 atom stereocenters. The summed E-state index contributed by atoms with van der Waals surface area (Å²) < 4.78 is 15.1. The molecule has 4 aromatic rings. The van der Waals surface area contributed by atoms with Gasteiger partial charge in [0, 0.05) is 23.8 Å². The lowest BCUT2D eigenvalue weighted by atomic mass is 10.1. The Labute approximate surface area is 159 Å². The second-order valence-electron chi connectivity index (χ2n) is 6.32. The Morgan fingerprint density at radius 1 is 1.19 bits per heavy atom. The molecule has 0 radical (unpaired) electrons. The van der Waals surface area contributed by atoms with Gasteiger partial charge in [-0.25, -0.2) is 4.68 Å². The molecule has 5 rings (SSSR count). The number of aromatic nitrogens is 6. The summed E-state index contributed by atoms with van der Waals surface area (Å²) in [5, 5.41) is 13.2. The molecule has 0 bridgehead atoms. The smallest absolute Gasteiger partial charge is 0.274 e. The summed E-state index contributed by atoms with van der Waals surface area (Å²) in [6.45, 7) is 0.862. The fourth-order valence-corrected chi connectivity index (χ4v) is 3.47. The van der Waals surface area contributed by atoms with Crippen molar-refractivity contribution in [3.63, 3.8) is 0 Å². The first kappa shape index (κ1) is 16.2. The van der Waals surface area contributed by atoms with Gasteiger partial charge in [-0.1, -0.05) is 40.2 Å².